The largest absolute Gasteiger partial charge is 0.341 e. The van der Waals surface area contributed by atoms with Crippen molar-refractivity contribution in [3.8, 4) is 0 Å². The smallest absolute Gasteiger partial charge is 0.121 e. The van der Waals surface area contributed by atoms with Crippen LogP contribution in [0.5, 0.6) is 0 Å². The minimum Gasteiger partial charge on any atom is -0.341 e. The van der Waals surface area contributed by atoms with Crippen molar-refractivity contribution in [3.05, 3.63) is 53.4 Å². The molecule has 1 atom stereocenters. The van der Waals surface area contributed by atoms with Crippen LogP contribution in [-0.4, -0.2) is 31.9 Å². The lowest BCUT2D eigenvalue weighted by Crippen LogP contribution is -2.23. The summed E-state index contributed by atoms with van der Waals surface area (Å²) in [5.41, 5.74) is 5.69. The number of benzene rings is 1. The highest BCUT2D eigenvalue weighted by atomic mass is 15.2. The average molecular weight is 295 g/mol. The van der Waals surface area contributed by atoms with Crippen LogP contribution in [0.3, 0.4) is 0 Å². The zero-order valence-electron chi connectivity index (χ0n) is 13.5. The molecule has 0 amide bonds. The maximum absolute atomic E-state index is 4.76. The zero-order valence-corrected chi connectivity index (χ0v) is 13.5. The number of nitrogens with one attached hydrogen (secondary N) is 1. The second-order valence-electron chi connectivity index (χ2n) is 5.81. The number of hydrogen-bond donors (Lipinski definition) is 1. The Morgan fingerprint density at radius 2 is 2.05 bits per heavy atom. The van der Waals surface area contributed by atoms with Gasteiger partial charge in [-0.25, -0.2) is 15.0 Å². The van der Waals surface area contributed by atoms with Crippen LogP contribution in [-0.2, 0) is 6.54 Å². The van der Waals surface area contributed by atoms with Crippen molar-refractivity contribution in [1.29, 1.82) is 0 Å². The molecule has 0 radical (unpaired) electrons. The van der Waals surface area contributed by atoms with Gasteiger partial charge in [-0.15, -0.1) is 0 Å². The third-order valence-electron chi connectivity index (χ3n) is 4.32. The number of aromatic nitrogens is 4. The standard InChI is InChI=1S/C17H21N5/c1-11-5-6-15-17(12(11)2)21-16(20-15)9-22(4)13(3)14-7-8-18-10-19-14/h5-8,10,13H,9H2,1-4H3,(H,20,21)/t13-/m0/s1. The molecule has 0 aliphatic rings. The van der Waals surface area contributed by atoms with E-state index in [2.05, 4.69) is 59.8 Å². The number of H-pyrrole nitrogens is 1. The highest BCUT2D eigenvalue weighted by molar-refractivity contribution is 5.79. The van der Waals surface area contributed by atoms with E-state index in [1.54, 1.807) is 12.5 Å². The monoisotopic (exact) mass is 295 g/mol. The summed E-state index contributed by atoms with van der Waals surface area (Å²) in [4.78, 5) is 18.7. The minimum absolute atomic E-state index is 0.207. The number of rotatable bonds is 4. The van der Waals surface area contributed by atoms with Gasteiger partial charge in [0.2, 0.25) is 0 Å². The number of hydrogen-bond acceptors (Lipinski definition) is 4. The second-order valence-corrected chi connectivity index (χ2v) is 5.81. The Kier molecular flexibility index (Phi) is 3.90. The van der Waals surface area contributed by atoms with Crippen LogP contribution in [0.4, 0.5) is 0 Å². The van der Waals surface area contributed by atoms with Crippen molar-refractivity contribution < 1.29 is 0 Å². The summed E-state index contributed by atoms with van der Waals surface area (Å²) in [7, 11) is 2.08. The molecular weight excluding hydrogens is 274 g/mol. The number of aryl methyl sites for hydroxylation is 2. The Bertz CT molecular complexity index is 778. The van der Waals surface area contributed by atoms with E-state index in [1.165, 1.54) is 11.1 Å². The normalized spacial score (nSPS) is 13.0. The van der Waals surface area contributed by atoms with Gasteiger partial charge in [0.1, 0.15) is 12.2 Å². The van der Waals surface area contributed by atoms with Crippen molar-refractivity contribution >= 4 is 11.0 Å². The van der Waals surface area contributed by atoms with Gasteiger partial charge in [-0.3, -0.25) is 4.90 Å². The maximum Gasteiger partial charge on any atom is 0.121 e. The van der Waals surface area contributed by atoms with Crippen molar-refractivity contribution in [2.45, 2.75) is 33.4 Å². The molecule has 0 fully saturated rings. The Morgan fingerprint density at radius 1 is 1.23 bits per heavy atom. The summed E-state index contributed by atoms with van der Waals surface area (Å²) in [6.07, 6.45) is 3.37. The number of imidazole rings is 1. The van der Waals surface area contributed by atoms with Crippen molar-refractivity contribution in [1.82, 2.24) is 24.8 Å². The van der Waals surface area contributed by atoms with E-state index in [0.29, 0.717) is 0 Å². The summed E-state index contributed by atoms with van der Waals surface area (Å²) >= 11 is 0. The van der Waals surface area contributed by atoms with Crippen molar-refractivity contribution in [2.75, 3.05) is 7.05 Å². The van der Waals surface area contributed by atoms with Crippen LogP contribution < -0.4 is 0 Å². The SMILES string of the molecule is Cc1ccc2[nH]c(CN(C)[C@@H](C)c3ccncn3)nc2c1C. The molecule has 3 aromatic rings. The van der Waals surface area contributed by atoms with E-state index in [1.807, 2.05) is 6.07 Å². The molecular formula is C17H21N5. The molecule has 2 aromatic heterocycles. The van der Waals surface area contributed by atoms with E-state index >= 15 is 0 Å². The van der Waals surface area contributed by atoms with Gasteiger partial charge in [-0.2, -0.15) is 0 Å². The molecule has 0 aliphatic heterocycles. The van der Waals surface area contributed by atoms with Crippen LogP contribution in [0.15, 0.2) is 30.7 Å². The van der Waals surface area contributed by atoms with Gasteiger partial charge in [0.25, 0.3) is 0 Å². The van der Waals surface area contributed by atoms with Crippen LogP contribution in [0.1, 0.15) is 35.6 Å². The van der Waals surface area contributed by atoms with E-state index in [-0.39, 0.29) is 6.04 Å². The molecule has 3 rings (SSSR count). The molecule has 1 N–H and O–H groups in total. The molecule has 2 heterocycles. The van der Waals surface area contributed by atoms with Crippen molar-refractivity contribution in [2.24, 2.45) is 0 Å². The summed E-state index contributed by atoms with van der Waals surface area (Å²) in [6.45, 7) is 7.13. The van der Waals surface area contributed by atoms with Gasteiger partial charge >= 0.3 is 0 Å². The summed E-state index contributed by atoms with van der Waals surface area (Å²) in [5, 5.41) is 0. The fourth-order valence-electron chi connectivity index (χ4n) is 2.59. The number of fused-ring (bicyclic) bond motifs is 1. The Hall–Kier alpha value is -2.27. The highest BCUT2D eigenvalue weighted by Gasteiger charge is 2.15. The maximum atomic E-state index is 4.76. The topological polar surface area (TPSA) is 57.7 Å². The Morgan fingerprint density at radius 3 is 2.77 bits per heavy atom. The first kappa shape index (κ1) is 14.7. The van der Waals surface area contributed by atoms with E-state index in [9.17, 15) is 0 Å². The minimum atomic E-state index is 0.207. The lowest BCUT2D eigenvalue weighted by atomic mass is 10.1. The fourth-order valence-corrected chi connectivity index (χ4v) is 2.59. The van der Waals surface area contributed by atoms with Crippen molar-refractivity contribution in [3.63, 3.8) is 0 Å². The fraction of sp³-hybridized carbons (Fsp3) is 0.353. The van der Waals surface area contributed by atoms with Crippen LogP contribution >= 0.6 is 0 Å². The van der Waals surface area contributed by atoms with Gasteiger partial charge in [-0.1, -0.05) is 6.07 Å². The Balaban J connectivity index is 1.82. The van der Waals surface area contributed by atoms with Crippen LogP contribution in [0.2, 0.25) is 0 Å². The average Bonchev–Trinajstić information content (AvgIpc) is 2.94. The number of nitrogens with zero attached hydrogens (tertiary/aromatic N) is 4. The molecule has 0 bridgehead atoms. The molecule has 0 unspecified atom stereocenters. The van der Waals surface area contributed by atoms with Gasteiger partial charge < -0.3 is 4.98 Å². The van der Waals surface area contributed by atoms with Gasteiger partial charge in [0.05, 0.1) is 23.3 Å². The Labute approximate surface area is 130 Å². The molecule has 0 saturated heterocycles. The first-order valence-corrected chi connectivity index (χ1v) is 7.47. The van der Waals surface area contributed by atoms with Gasteiger partial charge in [0.15, 0.2) is 0 Å². The lowest BCUT2D eigenvalue weighted by molar-refractivity contribution is 0.243. The summed E-state index contributed by atoms with van der Waals surface area (Å²) in [5.74, 6) is 0.979. The van der Waals surface area contributed by atoms with Gasteiger partial charge in [0, 0.05) is 12.2 Å². The molecule has 5 nitrogen and oxygen atoms in total. The molecule has 1 aromatic carbocycles. The molecule has 114 valence electrons. The zero-order chi connectivity index (χ0) is 15.7. The van der Waals surface area contributed by atoms with E-state index < -0.39 is 0 Å². The third-order valence-corrected chi connectivity index (χ3v) is 4.32. The first-order chi connectivity index (χ1) is 10.6. The lowest BCUT2D eigenvalue weighted by Gasteiger charge is -2.22. The molecule has 0 saturated carbocycles. The first-order valence-electron chi connectivity index (χ1n) is 7.47. The predicted octanol–water partition coefficient (Wildman–Crippen LogP) is 3.16. The predicted molar refractivity (Wildman–Crippen MR) is 87.5 cm³/mol. The van der Waals surface area contributed by atoms with Crippen LogP contribution in [0.25, 0.3) is 11.0 Å². The quantitative estimate of drug-likeness (QED) is 0.803. The molecule has 0 aliphatic carbocycles. The highest BCUT2D eigenvalue weighted by Crippen LogP contribution is 2.22. The molecule has 0 spiro atoms. The van der Waals surface area contributed by atoms with E-state index in [4.69, 9.17) is 4.98 Å². The molecule has 5 heteroatoms. The number of aromatic amines is 1. The third kappa shape index (κ3) is 2.72. The van der Waals surface area contributed by atoms with Gasteiger partial charge in [-0.05, 0) is 51.1 Å². The summed E-state index contributed by atoms with van der Waals surface area (Å²) < 4.78 is 0. The van der Waals surface area contributed by atoms with E-state index in [0.717, 1.165) is 29.1 Å². The van der Waals surface area contributed by atoms with Crippen LogP contribution in [0, 0.1) is 13.8 Å². The summed E-state index contributed by atoms with van der Waals surface area (Å²) in [6, 6.07) is 6.39. The second kappa shape index (κ2) is 5.85. The molecule has 22 heavy (non-hydrogen) atoms.